The molecule has 1 aromatic rings. The topological polar surface area (TPSA) is 258 Å². The zero-order valence-corrected chi connectivity index (χ0v) is 49.1. The molecule has 0 aliphatic heterocycles. The minimum atomic E-state index is -2.36. The first-order chi connectivity index (χ1) is 39.5. The summed E-state index contributed by atoms with van der Waals surface area (Å²) in [6, 6.07) is 0. The lowest BCUT2D eigenvalue weighted by Crippen LogP contribution is -2.58. The Kier molecular flexibility index (Phi) is 43.6. The summed E-state index contributed by atoms with van der Waals surface area (Å²) in [6.45, 7) is 7.84. The fourth-order valence-electron chi connectivity index (χ4n) is 8.11. The van der Waals surface area contributed by atoms with E-state index in [1.807, 2.05) is 0 Å². The largest absolute Gasteiger partial charge is 0.420 e. The first-order valence-corrected chi connectivity index (χ1v) is 29.8. The fourth-order valence-corrected chi connectivity index (χ4v) is 8.11. The summed E-state index contributed by atoms with van der Waals surface area (Å²) in [5, 5.41) is 20.0. The number of carbonyl (C=O) groups excluding carboxylic acids is 8. The molecule has 0 radical (unpaired) electrons. The number of unbranched alkanes of at least 4 members (excludes halogenated alkanes) is 13. The van der Waals surface area contributed by atoms with Crippen LogP contribution >= 0.6 is 0 Å². The number of hydrogen-bond acceptors (Lipinski definition) is 12. The second-order valence-electron chi connectivity index (χ2n) is 20.5. The number of benzene rings is 1. The molecule has 0 heterocycles. The van der Waals surface area contributed by atoms with Gasteiger partial charge in [0, 0.05) is 90.6 Å². The lowest BCUT2D eigenvalue weighted by Gasteiger charge is -2.34. The van der Waals surface area contributed by atoms with E-state index in [4.69, 9.17) is 14.2 Å². The molecular formula is C58H96F5N7O12. The van der Waals surface area contributed by atoms with Gasteiger partial charge in [0.2, 0.25) is 76.2 Å². The maximum atomic E-state index is 13.9. The standard InChI is InChI=1S/C58H96F5N7O12/c1-4-7-16-24-44(71)64-32-21-35-67-47(74)29-38-79-41-58(42-80-39-30-48(75)68-36-22-33-65-45(72)25-17-8-5-2,43-81-40-31-49(76)69-37-23-34-66-46(73)26-18-9-6-3)70-50(77)27-19-14-12-10-11-13-15-20-28-51(78)82-57-55(62)53(60)52(59)54(61)56(57)63/h4-43H2,1-3H3,(H,64,71)(H,65,72)(H,66,73)(H,67,74)(H,68,75)(H,69,76)(H,70,77). The van der Waals surface area contributed by atoms with Crippen molar-refractivity contribution in [2.24, 2.45) is 0 Å². The molecule has 7 N–H and O–H groups in total. The third-order valence-electron chi connectivity index (χ3n) is 12.9. The highest BCUT2D eigenvalue weighted by atomic mass is 19.2. The number of nitrogens with one attached hydrogen (secondary N) is 7. The fraction of sp³-hybridized carbons (Fsp3) is 0.759. The maximum absolute atomic E-state index is 13.9. The molecule has 470 valence electrons. The molecule has 24 heteroatoms. The van der Waals surface area contributed by atoms with Crippen molar-refractivity contribution in [1.29, 1.82) is 0 Å². The molecule has 0 aromatic heterocycles. The maximum Gasteiger partial charge on any atom is 0.311 e. The van der Waals surface area contributed by atoms with E-state index in [0.717, 1.165) is 77.0 Å². The second kappa shape index (κ2) is 47.9. The number of ether oxygens (including phenoxy) is 4. The Morgan fingerprint density at radius 3 is 0.927 bits per heavy atom. The number of hydrogen-bond donors (Lipinski definition) is 7. The van der Waals surface area contributed by atoms with E-state index in [0.29, 0.717) is 103 Å². The van der Waals surface area contributed by atoms with E-state index in [2.05, 4.69) is 62.7 Å². The molecule has 0 unspecified atom stereocenters. The quantitative estimate of drug-likeness (QED) is 0.00821. The number of esters is 1. The highest BCUT2D eigenvalue weighted by Crippen LogP contribution is 2.29. The summed E-state index contributed by atoms with van der Waals surface area (Å²) in [5.41, 5.74) is -1.33. The van der Waals surface area contributed by atoms with Crippen LogP contribution in [-0.4, -0.2) is 132 Å². The van der Waals surface area contributed by atoms with Crippen molar-refractivity contribution in [2.45, 2.75) is 206 Å². The van der Waals surface area contributed by atoms with Crippen molar-refractivity contribution in [1.82, 2.24) is 37.2 Å². The van der Waals surface area contributed by atoms with E-state index >= 15 is 0 Å². The molecule has 0 aliphatic rings. The Morgan fingerprint density at radius 1 is 0.329 bits per heavy atom. The van der Waals surface area contributed by atoms with Crippen LogP contribution in [0.5, 0.6) is 5.75 Å². The van der Waals surface area contributed by atoms with Gasteiger partial charge < -0.3 is 56.2 Å². The molecule has 0 spiro atoms. The Bertz CT molecular complexity index is 1870. The van der Waals surface area contributed by atoms with Crippen LogP contribution in [0, 0.1) is 29.1 Å². The van der Waals surface area contributed by atoms with Crippen LogP contribution in [0.2, 0.25) is 0 Å². The SMILES string of the molecule is CCCCCC(=O)NCCCNC(=O)CCOCC(COCCC(=O)NCCCNC(=O)CCCCC)(COCCC(=O)NCCCNC(=O)CCCCC)NC(=O)CCCCCCCCCCC(=O)Oc1c(F)c(F)c(F)c(F)c1F. The van der Waals surface area contributed by atoms with Crippen LogP contribution < -0.4 is 42.0 Å². The predicted molar refractivity (Wildman–Crippen MR) is 300 cm³/mol. The molecule has 0 saturated carbocycles. The molecule has 0 aliphatic carbocycles. The third kappa shape index (κ3) is 37.6. The zero-order chi connectivity index (χ0) is 60.6. The van der Waals surface area contributed by atoms with Crippen LogP contribution in [-0.2, 0) is 52.6 Å². The summed E-state index contributed by atoms with van der Waals surface area (Å²) >= 11 is 0. The van der Waals surface area contributed by atoms with Crippen molar-refractivity contribution in [3.63, 3.8) is 0 Å². The van der Waals surface area contributed by atoms with Gasteiger partial charge in [-0.3, -0.25) is 38.4 Å². The lowest BCUT2D eigenvalue weighted by molar-refractivity contribution is -0.135. The van der Waals surface area contributed by atoms with Crippen LogP contribution in [0.4, 0.5) is 22.0 Å². The monoisotopic (exact) mass is 1180 g/mol. The highest BCUT2D eigenvalue weighted by molar-refractivity contribution is 5.78. The number of rotatable bonds is 52. The van der Waals surface area contributed by atoms with Gasteiger partial charge in [-0.25, -0.2) is 13.2 Å². The van der Waals surface area contributed by atoms with E-state index in [9.17, 15) is 60.3 Å². The molecule has 0 fully saturated rings. The van der Waals surface area contributed by atoms with Gasteiger partial charge in [-0.2, -0.15) is 8.78 Å². The zero-order valence-electron chi connectivity index (χ0n) is 49.1. The summed E-state index contributed by atoms with van der Waals surface area (Å²) in [7, 11) is 0. The van der Waals surface area contributed by atoms with Gasteiger partial charge in [0.15, 0.2) is 0 Å². The number of halogens is 5. The van der Waals surface area contributed by atoms with Crippen molar-refractivity contribution in [3.05, 3.63) is 29.1 Å². The molecule has 1 rings (SSSR count). The van der Waals surface area contributed by atoms with Crippen LogP contribution in [0.1, 0.15) is 201 Å². The molecule has 7 amide bonds. The molecule has 0 bridgehead atoms. The van der Waals surface area contributed by atoms with E-state index in [-0.39, 0.29) is 120 Å². The minimum absolute atomic E-state index is 0.0162. The van der Waals surface area contributed by atoms with E-state index < -0.39 is 46.3 Å². The predicted octanol–water partition coefficient (Wildman–Crippen LogP) is 7.87. The minimum Gasteiger partial charge on any atom is -0.420 e. The summed E-state index contributed by atoms with van der Waals surface area (Å²) in [5.74, 6) is -15.3. The Hall–Kier alpha value is -5.49. The van der Waals surface area contributed by atoms with Gasteiger partial charge in [0.25, 0.3) is 0 Å². The van der Waals surface area contributed by atoms with Gasteiger partial charge in [0.05, 0.1) is 39.6 Å². The number of carbonyl (C=O) groups is 8. The Morgan fingerprint density at radius 2 is 0.598 bits per heavy atom. The summed E-state index contributed by atoms with van der Waals surface area (Å²) < 4.78 is 90.6. The van der Waals surface area contributed by atoms with E-state index in [1.54, 1.807) is 0 Å². The molecular weight excluding hydrogens is 1080 g/mol. The smallest absolute Gasteiger partial charge is 0.311 e. The molecule has 0 saturated heterocycles. The van der Waals surface area contributed by atoms with Gasteiger partial charge >= 0.3 is 5.97 Å². The van der Waals surface area contributed by atoms with Crippen LogP contribution in [0.3, 0.4) is 0 Å². The van der Waals surface area contributed by atoms with Crippen molar-refractivity contribution in [2.75, 3.05) is 78.9 Å². The third-order valence-corrected chi connectivity index (χ3v) is 12.9. The normalized spacial score (nSPS) is 11.2. The summed E-state index contributed by atoms with van der Waals surface area (Å²) in [4.78, 5) is 100. The first kappa shape index (κ1) is 74.5. The highest BCUT2D eigenvalue weighted by Gasteiger charge is 2.34. The van der Waals surface area contributed by atoms with Crippen molar-refractivity contribution in [3.8, 4) is 5.75 Å². The average molecular weight is 1180 g/mol. The first-order valence-electron chi connectivity index (χ1n) is 29.8. The average Bonchev–Trinajstić information content (AvgIpc) is 3.64. The second-order valence-corrected chi connectivity index (χ2v) is 20.5. The van der Waals surface area contributed by atoms with Gasteiger partial charge in [-0.05, 0) is 51.4 Å². The Balaban J connectivity index is 2.90. The Labute approximate surface area is 482 Å². The van der Waals surface area contributed by atoms with E-state index in [1.165, 1.54) is 0 Å². The van der Waals surface area contributed by atoms with Gasteiger partial charge in [-0.1, -0.05) is 97.8 Å². The molecule has 1 aromatic carbocycles. The summed E-state index contributed by atoms with van der Waals surface area (Å²) in [6.07, 6.45) is 16.1. The van der Waals surface area contributed by atoms with Crippen LogP contribution in [0.15, 0.2) is 0 Å². The molecule has 0 atom stereocenters. The van der Waals surface area contributed by atoms with Crippen LogP contribution in [0.25, 0.3) is 0 Å². The lowest BCUT2D eigenvalue weighted by atomic mass is 10.0. The van der Waals surface area contributed by atoms with Crippen molar-refractivity contribution >= 4 is 47.3 Å². The van der Waals surface area contributed by atoms with Gasteiger partial charge in [0.1, 0.15) is 5.54 Å². The van der Waals surface area contributed by atoms with Gasteiger partial charge in [-0.15, -0.1) is 0 Å². The molecule has 82 heavy (non-hydrogen) atoms. The number of amides is 7. The molecule has 19 nitrogen and oxygen atoms in total. The van der Waals surface area contributed by atoms with Crippen molar-refractivity contribution < 1.29 is 79.3 Å².